The Balaban J connectivity index is 1.54. The van der Waals surface area contributed by atoms with Gasteiger partial charge in [-0.25, -0.2) is 4.39 Å². The fraction of sp³-hybridized carbons (Fsp3) is 0.364. The molecule has 5 heteroatoms. The minimum atomic E-state index is -0.279. The van der Waals surface area contributed by atoms with Crippen LogP contribution in [-0.2, 0) is 4.79 Å². The predicted octanol–water partition coefficient (Wildman–Crippen LogP) is 3.99. The molecule has 3 rings (SSSR count). The molecule has 0 aliphatic heterocycles. The summed E-state index contributed by atoms with van der Waals surface area (Å²) in [7, 11) is 0. The molecule has 1 aliphatic carbocycles. The fourth-order valence-corrected chi connectivity index (χ4v) is 3.66. The second-order valence-electron chi connectivity index (χ2n) is 7.01. The van der Waals surface area contributed by atoms with Gasteiger partial charge in [-0.2, -0.15) is 0 Å². The monoisotopic (exact) mass is 368 g/mol. The van der Waals surface area contributed by atoms with Crippen LogP contribution in [0.25, 0.3) is 0 Å². The summed E-state index contributed by atoms with van der Waals surface area (Å²) in [6.45, 7) is 0.278. The van der Waals surface area contributed by atoms with Crippen molar-refractivity contribution >= 4 is 11.8 Å². The third-order valence-electron chi connectivity index (χ3n) is 5.09. The van der Waals surface area contributed by atoms with E-state index in [4.69, 9.17) is 0 Å². The van der Waals surface area contributed by atoms with Crippen LogP contribution in [-0.4, -0.2) is 18.4 Å². The Morgan fingerprint density at radius 2 is 1.67 bits per heavy atom. The van der Waals surface area contributed by atoms with Gasteiger partial charge < -0.3 is 10.6 Å². The Morgan fingerprint density at radius 3 is 2.33 bits per heavy atom. The number of carbonyl (C=O) groups is 2. The molecule has 0 bridgehead atoms. The maximum atomic E-state index is 13.2. The molecule has 0 unspecified atom stereocenters. The number of hydrogen-bond acceptors (Lipinski definition) is 2. The van der Waals surface area contributed by atoms with Gasteiger partial charge in [0.1, 0.15) is 5.82 Å². The SMILES string of the molecule is O=C(CCNC(=O)c1ccccc1)N[C@H](c1ccc(F)cc1)C1CCCC1. The van der Waals surface area contributed by atoms with Gasteiger partial charge in [0.05, 0.1) is 6.04 Å². The van der Waals surface area contributed by atoms with Crippen molar-refractivity contribution in [2.75, 3.05) is 6.54 Å². The molecule has 142 valence electrons. The van der Waals surface area contributed by atoms with Gasteiger partial charge in [-0.15, -0.1) is 0 Å². The summed E-state index contributed by atoms with van der Waals surface area (Å²) in [4.78, 5) is 24.5. The Hall–Kier alpha value is -2.69. The van der Waals surface area contributed by atoms with Crippen molar-refractivity contribution in [1.82, 2.24) is 10.6 Å². The summed E-state index contributed by atoms with van der Waals surface area (Å²) < 4.78 is 13.2. The zero-order valence-electron chi connectivity index (χ0n) is 15.3. The van der Waals surface area contributed by atoms with E-state index in [1.54, 1.807) is 36.4 Å². The predicted molar refractivity (Wildman–Crippen MR) is 103 cm³/mol. The summed E-state index contributed by atoms with van der Waals surface area (Å²) in [5, 5.41) is 5.87. The molecule has 0 radical (unpaired) electrons. The van der Waals surface area contributed by atoms with Crippen molar-refractivity contribution in [2.45, 2.75) is 38.1 Å². The lowest BCUT2D eigenvalue weighted by atomic mass is 9.91. The lowest BCUT2D eigenvalue weighted by Gasteiger charge is -2.25. The number of rotatable bonds is 7. The normalized spacial score (nSPS) is 15.3. The topological polar surface area (TPSA) is 58.2 Å². The summed E-state index contributed by atoms with van der Waals surface area (Å²) in [5.41, 5.74) is 1.51. The first-order chi connectivity index (χ1) is 13.1. The molecule has 4 nitrogen and oxygen atoms in total. The smallest absolute Gasteiger partial charge is 0.251 e. The quantitative estimate of drug-likeness (QED) is 0.776. The number of nitrogens with one attached hydrogen (secondary N) is 2. The lowest BCUT2D eigenvalue weighted by molar-refractivity contribution is -0.122. The molecule has 27 heavy (non-hydrogen) atoms. The molecule has 2 N–H and O–H groups in total. The van der Waals surface area contributed by atoms with E-state index in [-0.39, 0.29) is 36.6 Å². The number of halogens is 1. The molecule has 1 aliphatic rings. The van der Waals surface area contributed by atoms with Crippen molar-refractivity contribution < 1.29 is 14.0 Å². The van der Waals surface area contributed by atoms with Crippen LogP contribution in [0.1, 0.15) is 54.1 Å². The van der Waals surface area contributed by atoms with Gasteiger partial charge in [0.15, 0.2) is 0 Å². The van der Waals surface area contributed by atoms with Gasteiger partial charge in [-0.3, -0.25) is 9.59 Å². The molecule has 1 saturated carbocycles. The standard InChI is InChI=1S/C22H25FN2O2/c23-19-12-10-17(11-13-19)21(16-6-4-5-7-16)25-20(26)14-15-24-22(27)18-8-2-1-3-9-18/h1-3,8-13,16,21H,4-7,14-15H2,(H,24,27)(H,25,26)/t21-/m0/s1. The number of amides is 2. The number of benzene rings is 2. The zero-order chi connectivity index (χ0) is 19.1. The van der Waals surface area contributed by atoms with E-state index >= 15 is 0 Å². The summed E-state index contributed by atoms with van der Waals surface area (Å²) >= 11 is 0. The van der Waals surface area contributed by atoms with Crippen LogP contribution in [0.5, 0.6) is 0 Å². The maximum absolute atomic E-state index is 13.2. The molecule has 0 saturated heterocycles. The zero-order valence-corrected chi connectivity index (χ0v) is 15.3. The van der Waals surface area contributed by atoms with E-state index in [0.717, 1.165) is 31.2 Å². The average Bonchev–Trinajstić information content (AvgIpc) is 3.22. The van der Waals surface area contributed by atoms with Crippen molar-refractivity contribution in [1.29, 1.82) is 0 Å². The van der Waals surface area contributed by atoms with Crippen LogP contribution in [0, 0.1) is 11.7 Å². The lowest BCUT2D eigenvalue weighted by Crippen LogP contribution is -2.35. The molecular weight excluding hydrogens is 343 g/mol. The van der Waals surface area contributed by atoms with Crippen LogP contribution >= 0.6 is 0 Å². The summed E-state index contributed by atoms with van der Waals surface area (Å²) in [5.74, 6) is -0.198. The molecule has 2 aromatic carbocycles. The molecule has 1 atom stereocenters. The van der Waals surface area contributed by atoms with Crippen molar-refractivity contribution in [3.05, 3.63) is 71.5 Å². The Morgan fingerprint density at radius 1 is 1.00 bits per heavy atom. The molecular formula is C22H25FN2O2. The van der Waals surface area contributed by atoms with E-state index in [0.29, 0.717) is 11.5 Å². The highest BCUT2D eigenvalue weighted by Crippen LogP contribution is 2.35. The molecule has 0 spiro atoms. The van der Waals surface area contributed by atoms with Crippen LogP contribution in [0.3, 0.4) is 0 Å². The second-order valence-corrected chi connectivity index (χ2v) is 7.01. The Bertz CT molecular complexity index is 756. The van der Waals surface area contributed by atoms with Crippen LogP contribution in [0.15, 0.2) is 54.6 Å². The fourth-order valence-electron chi connectivity index (χ4n) is 3.66. The Labute approximate surface area is 159 Å². The largest absolute Gasteiger partial charge is 0.352 e. The minimum absolute atomic E-state index is 0.106. The average molecular weight is 368 g/mol. The molecule has 1 fully saturated rings. The van der Waals surface area contributed by atoms with Gasteiger partial charge in [-0.05, 0) is 48.6 Å². The van der Waals surface area contributed by atoms with Gasteiger partial charge in [-0.1, -0.05) is 43.2 Å². The van der Waals surface area contributed by atoms with E-state index < -0.39 is 0 Å². The van der Waals surface area contributed by atoms with Crippen molar-refractivity contribution in [2.24, 2.45) is 5.92 Å². The molecule has 2 amide bonds. The van der Waals surface area contributed by atoms with Gasteiger partial charge in [0, 0.05) is 18.5 Å². The van der Waals surface area contributed by atoms with Gasteiger partial charge in [0.2, 0.25) is 5.91 Å². The van der Waals surface area contributed by atoms with Gasteiger partial charge >= 0.3 is 0 Å². The Kier molecular flexibility index (Phi) is 6.58. The first-order valence-corrected chi connectivity index (χ1v) is 9.51. The van der Waals surface area contributed by atoms with Crippen LogP contribution < -0.4 is 10.6 Å². The third kappa shape index (κ3) is 5.39. The van der Waals surface area contributed by atoms with Crippen LogP contribution in [0.2, 0.25) is 0 Å². The first kappa shape index (κ1) is 19.1. The maximum Gasteiger partial charge on any atom is 0.251 e. The number of carbonyl (C=O) groups excluding carboxylic acids is 2. The first-order valence-electron chi connectivity index (χ1n) is 9.51. The molecule has 0 aromatic heterocycles. The van der Waals surface area contributed by atoms with E-state index in [1.807, 2.05) is 6.07 Å². The molecule has 2 aromatic rings. The summed E-state index contributed by atoms with van der Waals surface area (Å²) in [6, 6.07) is 15.2. The number of hydrogen-bond donors (Lipinski definition) is 2. The minimum Gasteiger partial charge on any atom is -0.352 e. The highest BCUT2D eigenvalue weighted by atomic mass is 19.1. The summed E-state index contributed by atoms with van der Waals surface area (Å²) in [6.07, 6.45) is 4.65. The third-order valence-corrected chi connectivity index (χ3v) is 5.09. The molecule has 0 heterocycles. The van der Waals surface area contributed by atoms with E-state index in [2.05, 4.69) is 10.6 Å². The second kappa shape index (κ2) is 9.31. The van der Waals surface area contributed by atoms with Crippen LogP contribution in [0.4, 0.5) is 4.39 Å². The van der Waals surface area contributed by atoms with Crippen molar-refractivity contribution in [3.63, 3.8) is 0 Å². The van der Waals surface area contributed by atoms with Crippen molar-refractivity contribution in [3.8, 4) is 0 Å². The van der Waals surface area contributed by atoms with E-state index in [1.165, 1.54) is 12.1 Å². The van der Waals surface area contributed by atoms with Gasteiger partial charge in [0.25, 0.3) is 5.91 Å². The highest BCUT2D eigenvalue weighted by Gasteiger charge is 2.27. The van der Waals surface area contributed by atoms with E-state index in [9.17, 15) is 14.0 Å². The highest BCUT2D eigenvalue weighted by molar-refractivity contribution is 5.94.